The molecule has 1 aromatic rings. The highest BCUT2D eigenvalue weighted by atomic mass is 32.2. The van der Waals surface area contributed by atoms with E-state index in [1.165, 1.54) is 11.0 Å². The van der Waals surface area contributed by atoms with E-state index in [1.54, 1.807) is 0 Å². The summed E-state index contributed by atoms with van der Waals surface area (Å²) in [6, 6.07) is 3.51. The minimum absolute atomic E-state index is 0.152. The lowest BCUT2D eigenvalue weighted by molar-refractivity contribution is -0.274. The van der Waals surface area contributed by atoms with E-state index in [0.29, 0.717) is 5.69 Å². The number of halogens is 3. The Morgan fingerprint density at radius 2 is 2.16 bits per heavy atom. The second-order valence-electron chi connectivity index (χ2n) is 3.78. The Balaban J connectivity index is 2.34. The molecule has 0 aromatic heterocycles. The van der Waals surface area contributed by atoms with E-state index in [4.69, 9.17) is 10.8 Å². The van der Waals surface area contributed by atoms with Gasteiger partial charge in [-0.15, -0.1) is 13.2 Å². The van der Waals surface area contributed by atoms with Gasteiger partial charge in [0, 0.05) is 6.54 Å². The maximum atomic E-state index is 12.1. The summed E-state index contributed by atoms with van der Waals surface area (Å²) >= 11 is 0. The van der Waals surface area contributed by atoms with Crippen molar-refractivity contribution in [3.63, 3.8) is 0 Å². The lowest BCUT2D eigenvalue weighted by atomic mass is 10.3. The standard InChI is InChI=1S/C10H11F3N2O3S/c11-10(12,13)18-6-1-2-7-8(5-6)19(17)9(14)15(7)3-4-16/h1-2,5,9,16H,3-4,14H2. The van der Waals surface area contributed by atoms with E-state index in [-0.39, 0.29) is 18.0 Å². The molecule has 5 nitrogen and oxygen atoms in total. The Hall–Kier alpha value is -1.32. The summed E-state index contributed by atoms with van der Waals surface area (Å²) in [5.74, 6) is -0.447. The number of rotatable bonds is 3. The molecule has 0 amide bonds. The number of aliphatic hydroxyl groups excluding tert-OH is 1. The first kappa shape index (κ1) is 14.1. The van der Waals surface area contributed by atoms with Gasteiger partial charge in [-0.2, -0.15) is 0 Å². The summed E-state index contributed by atoms with van der Waals surface area (Å²) < 4.78 is 52.0. The van der Waals surface area contributed by atoms with Crippen molar-refractivity contribution in [3.05, 3.63) is 18.2 Å². The zero-order valence-corrected chi connectivity index (χ0v) is 10.4. The second kappa shape index (κ2) is 4.99. The van der Waals surface area contributed by atoms with Crippen molar-refractivity contribution in [3.8, 4) is 5.75 Å². The summed E-state index contributed by atoms with van der Waals surface area (Å²) in [5.41, 5.74) is 5.24. The van der Waals surface area contributed by atoms with Gasteiger partial charge in [-0.3, -0.25) is 4.21 Å². The minimum Gasteiger partial charge on any atom is -0.406 e. The molecule has 3 N–H and O–H groups in total. The number of nitrogens with two attached hydrogens (primary N) is 1. The highest BCUT2D eigenvalue weighted by Gasteiger charge is 2.35. The maximum Gasteiger partial charge on any atom is 0.573 e. The Kier molecular flexibility index (Phi) is 3.70. The molecule has 0 aliphatic carbocycles. The molecule has 19 heavy (non-hydrogen) atoms. The first-order chi connectivity index (χ1) is 8.83. The van der Waals surface area contributed by atoms with Gasteiger partial charge >= 0.3 is 6.36 Å². The number of hydrogen-bond donors (Lipinski definition) is 2. The molecule has 1 aromatic carbocycles. The van der Waals surface area contributed by atoms with Gasteiger partial charge in [0.05, 0.1) is 28.0 Å². The number of ether oxygens (including phenoxy) is 1. The molecule has 1 heterocycles. The molecule has 0 saturated carbocycles. The third-order valence-corrected chi connectivity index (χ3v) is 4.01. The van der Waals surface area contributed by atoms with Gasteiger partial charge in [0.15, 0.2) is 5.50 Å². The quantitative estimate of drug-likeness (QED) is 0.861. The molecule has 0 bridgehead atoms. The number of fused-ring (bicyclic) bond motifs is 1. The van der Waals surface area contributed by atoms with Gasteiger partial charge in [0.2, 0.25) is 0 Å². The summed E-state index contributed by atoms with van der Waals surface area (Å²) in [6.45, 7) is -0.0511. The average molecular weight is 296 g/mol. The zero-order chi connectivity index (χ0) is 14.2. The van der Waals surface area contributed by atoms with Crippen LogP contribution in [0.1, 0.15) is 0 Å². The predicted molar refractivity (Wildman–Crippen MR) is 61.9 cm³/mol. The summed E-state index contributed by atoms with van der Waals surface area (Å²) in [5, 5.41) is 8.89. The number of aliphatic hydroxyl groups is 1. The van der Waals surface area contributed by atoms with E-state index in [0.717, 1.165) is 12.1 Å². The van der Waals surface area contributed by atoms with E-state index < -0.39 is 28.4 Å². The van der Waals surface area contributed by atoms with Crippen LogP contribution in [-0.2, 0) is 10.8 Å². The third kappa shape index (κ3) is 2.82. The van der Waals surface area contributed by atoms with E-state index in [2.05, 4.69) is 4.74 Å². The largest absolute Gasteiger partial charge is 0.573 e. The Bertz CT molecular complexity index is 509. The van der Waals surface area contributed by atoms with Crippen LogP contribution in [-0.4, -0.2) is 34.3 Å². The lowest BCUT2D eigenvalue weighted by Gasteiger charge is -2.21. The second-order valence-corrected chi connectivity index (χ2v) is 5.30. The van der Waals surface area contributed by atoms with Gasteiger partial charge in [-0.25, -0.2) is 0 Å². The van der Waals surface area contributed by atoms with Crippen LogP contribution >= 0.6 is 0 Å². The molecule has 9 heteroatoms. The monoisotopic (exact) mass is 296 g/mol. The van der Waals surface area contributed by atoms with Crippen LogP contribution in [0.2, 0.25) is 0 Å². The Morgan fingerprint density at radius 1 is 1.47 bits per heavy atom. The highest BCUT2D eigenvalue weighted by molar-refractivity contribution is 7.86. The number of benzene rings is 1. The van der Waals surface area contributed by atoms with Crippen molar-refractivity contribution < 1.29 is 27.2 Å². The van der Waals surface area contributed by atoms with E-state index >= 15 is 0 Å². The van der Waals surface area contributed by atoms with E-state index in [9.17, 15) is 17.4 Å². The van der Waals surface area contributed by atoms with Crippen molar-refractivity contribution in [2.75, 3.05) is 18.1 Å². The fourth-order valence-corrected chi connectivity index (χ4v) is 3.16. The average Bonchev–Trinajstić information content (AvgIpc) is 2.53. The van der Waals surface area contributed by atoms with Crippen molar-refractivity contribution in [2.45, 2.75) is 16.8 Å². The third-order valence-electron chi connectivity index (χ3n) is 2.56. The first-order valence-electron chi connectivity index (χ1n) is 5.27. The fourth-order valence-electron chi connectivity index (χ4n) is 1.83. The van der Waals surface area contributed by atoms with Gasteiger partial charge < -0.3 is 20.5 Å². The van der Waals surface area contributed by atoms with Crippen LogP contribution in [0.15, 0.2) is 23.1 Å². The fraction of sp³-hybridized carbons (Fsp3) is 0.400. The van der Waals surface area contributed by atoms with Crippen molar-refractivity contribution in [1.82, 2.24) is 0 Å². The zero-order valence-electron chi connectivity index (χ0n) is 9.55. The predicted octanol–water partition coefficient (Wildman–Crippen LogP) is 0.747. The van der Waals surface area contributed by atoms with Gasteiger partial charge in [-0.1, -0.05) is 0 Å². The molecule has 2 rings (SSSR count). The molecule has 0 saturated heterocycles. The molecule has 2 atom stereocenters. The van der Waals surface area contributed by atoms with Crippen LogP contribution < -0.4 is 15.4 Å². The number of alkyl halides is 3. The smallest absolute Gasteiger partial charge is 0.406 e. The van der Waals surface area contributed by atoms with Crippen LogP contribution in [0, 0.1) is 0 Å². The molecule has 1 aliphatic rings. The van der Waals surface area contributed by atoms with Crippen LogP contribution in [0.5, 0.6) is 5.75 Å². The Morgan fingerprint density at radius 3 is 2.74 bits per heavy atom. The summed E-state index contributed by atoms with van der Waals surface area (Å²) in [7, 11) is -1.67. The SMILES string of the molecule is NC1N(CCO)c2ccc(OC(F)(F)F)cc2S1=O. The van der Waals surface area contributed by atoms with Gasteiger partial charge in [0.25, 0.3) is 0 Å². The van der Waals surface area contributed by atoms with Crippen molar-refractivity contribution >= 4 is 16.5 Å². The molecule has 0 fully saturated rings. The molecule has 2 unspecified atom stereocenters. The maximum absolute atomic E-state index is 12.1. The van der Waals surface area contributed by atoms with Crippen LogP contribution in [0.25, 0.3) is 0 Å². The van der Waals surface area contributed by atoms with Gasteiger partial charge in [0.1, 0.15) is 5.75 Å². The summed E-state index contributed by atoms with van der Waals surface area (Å²) in [6.07, 6.45) is -4.80. The van der Waals surface area contributed by atoms with Crippen LogP contribution in [0.4, 0.5) is 18.9 Å². The number of anilines is 1. The number of hydrogen-bond acceptors (Lipinski definition) is 5. The molecule has 106 valence electrons. The molecule has 0 spiro atoms. The molecular formula is C10H11F3N2O3S. The topological polar surface area (TPSA) is 75.8 Å². The molecule has 0 radical (unpaired) electrons. The molecular weight excluding hydrogens is 285 g/mol. The Labute approximate surface area is 109 Å². The minimum atomic E-state index is -4.80. The number of nitrogens with zero attached hydrogens (tertiary/aromatic N) is 1. The van der Waals surface area contributed by atoms with Crippen LogP contribution in [0.3, 0.4) is 0 Å². The highest BCUT2D eigenvalue weighted by Crippen LogP contribution is 2.37. The summed E-state index contributed by atoms with van der Waals surface area (Å²) in [4.78, 5) is 1.64. The van der Waals surface area contributed by atoms with Crippen molar-refractivity contribution in [1.29, 1.82) is 0 Å². The molecule has 1 aliphatic heterocycles. The van der Waals surface area contributed by atoms with Crippen molar-refractivity contribution in [2.24, 2.45) is 5.73 Å². The van der Waals surface area contributed by atoms with E-state index in [1.807, 2.05) is 0 Å². The normalized spacial score (nSPS) is 22.5. The number of β-amino-alcohol motifs (C(OH)–C–C–N with tert-alkyl or cyclic N) is 1. The lowest BCUT2D eigenvalue weighted by Crippen LogP contribution is -2.42. The van der Waals surface area contributed by atoms with Gasteiger partial charge in [-0.05, 0) is 18.2 Å². The first-order valence-corrected chi connectivity index (χ1v) is 6.48.